The van der Waals surface area contributed by atoms with Crippen molar-refractivity contribution in [2.75, 3.05) is 7.11 Å². The fourth-order valence-electron chi connectivity index (χ4n) is 2.45. The highest BCUT2D eigenvalue weighted by Gasteiger charge is 2.14. The van der Waals surface area contributed by atoms with Crippen molar-refractivity contribution in [3.05, 3.63) is 71.2 Å². The Labute approximate surface area is 124 Å². The van der Waals surface area contributed by atoms with Gasteiger partial charge in [-0.3, -0.25) is 4.99 Å². The maximum absolute atomic E-state index is 5.24. The van der Waals surface area contributed by atoms with Crippen molar-refractivity contribution in [3.8, 4) is 5.75 Å². The van der Waals surface area contributed by atoms with Crippen LogP contribution in [0.25, 0.3) is 5.57 Å². The van der Waals surface area contributed by atoms with Gasteiger partial charge < -0.3 is 9.72 Å². The van der Waals surface area contributed by atoms with E-state index in [9.17, 15) is 0 Å². The third kappa shape index (κ3) is 2.68. The van der Waals surface area contributed by atoms with Crippen LogP contribution in [-0.2, 0) is 0 Å². The van der Waals surface area contributed by atoms with Crippen LogP contribution in [0.3, 0.4) is 0 Å². The minimum Gasteiger partial charge on any atom is -0.497 e. The summed E-state index contributed by atoms with van der Waals surface area (Å²) in [7, 11) is 1.68. The standard InChI is InChI=1S/C18H18N2O/c1-12-4-10-16(19-12)18(17-11-5-13(2)20-17)14-6-8-15(21-3)9-7-14/h4-11,19H,1-3H3/b18-17+. The first-order chi connectivity index (χ1) is 10.2. The molecule has 21 heavy (non-hydrogen) atoms. The van der Waals surface area contributed by atoms with Crippen molar-refractivity contribution in [3.63, 3.8) is 0 Å². The molecule has 0 unspecified atom stereocenters. The smallest absolute Gasteiger partial charge is 0.118 e. The van der Waals surface area contributed by atoms with E-state index in [1.807, 2.05) is 25.1 Å². The summed E-state index contributed by atoms with van der Waals surface area (Å²) >= 11 is 0. The molecule has 0 saturated carbocycles. The van der Waals surface area contributed by atoms with Crippen molar-refractivity contribution in [1.82, 2.24) is 4.98 Å². The molecule has 0 amide bonds. The van der Waals surface area contributed by atoms with Gasteiger partial charge in [0.05, 0.1) is 12.8 Å². The van der Waals surface area contributed by atoms with Gasteiger partial charge in [0.1, 0.15) is 5.75 Å². The van der Waals surface area contributed by atoms with Crippen LogP contribution in [0.1, 0.15) is 23.9 Å². The molecule has 0 saturated heterocycles. The fraction of sp³-hybridized carbons (Fsp3) is 0.167. The Morgan fingerprint density at radius 2 is 1.76 bits per heavy atom. The van der Waals surface area contributed by atoms with Crippen LogP contribution < -0.4 is 4.74 Å². The molecule has 2 heterocycles. The van der Waals surface area contributed by atoms with Gasteiger partial charge in [-0.05, 0) is 55.8 Å². The molecular weight excluding hydrogens is 260 g/mol. The van der Waals surface area contributed by atoms with Crippen molar-refractivity contribution in [1.29, 1.82) is 0 Å². The molecule has 1 aliphatic heterocycles. The number of H-pyrrole nitrogens is 1. The van der Waals surface area contributed by atoms with Crippen LogP contribution in [0, 0.1) is 6.92 Å². The van der Waals surface area contributed by atoms with Gasteiger partial charge in [-0.15, -0.1) is 0 Å². The Balaban J connectivity index is 2.15. The summed E-state index contributed by atoms with van der Waals surface area (Å²) in [6.45, 7) is 4.06. The summed E-state index contributed by atoms with van der Waals surface area (Å²) in [5.41, 5.74) is 6.46. The predicted molar refractivity (Wildman–Crippen MR) is 86.8 cm³/mol. The molecule has 0 aliphatic carbocycles. The zero-order chi connectivity index (χ0) is 14.8. The van der Waals surface area contributed by atoms with Crippen LogP contribution in [0.4, 0.5) is 0 Å². The Morgan fingerprint density at radius 1 is 1.00 bits per heavy atom. The normalized spacial score (nSPS) is 16.0. The van der Waals surface area contributed by atoms with Crippen LogP contribution in [0.15, 0.2) is 59.2 Å². The average Bonchev–Trinajstić information content (AvgIpc) is 3.10. The van der Waals surface area contributed by atoms with E-state index in [1.165, 1.54) is 0 Å². The van der Waals surface area contributed by atoms with Crippen molar-refractivity contribution < 1.29 is 4.74 Å². The van der Waals surface area contributed by atoms with Gasteiger partial charge in [-0.25, -0.2) is 0 Å². The number of methoxy groups -OCH3 is 1. The maximum atomic E-state index is 5.24. The molecule has 3 nitrogen and oxygen atoms in total. The summed E-state index contributed by atoms with van der Waals surface area (Å²) in [5, 5.41) is 0. The van der Waals surface area contributed by atoms with Gasteiger partial charge in [0.15, 0.2) is 0 Å². The Morgan fingerprint density at radius 3 is 2.29 bits per heavy atom. The first kappa shape index (κ1) is 13.4. The summed E-state index contributed by atoms with van der Waals surface area (Å²) in [4.78, 5) is 8.03. The first-order valence-electron chi connectivity index (χ1n) is 6.95. The highest BCUT2D eigenvalue weighted by molar-refractivity contribution is 5.99. The highest BCUT2D eigenvalue weighted by Crippen LogP contribution is 2.30. The third-order valence-corrected chi connectivity index (χ3v) is 3.52. The second-order valence-corrected chi connectivity index (χ2v) is 5.13. The summed E-state index contributed by atoms with van der Waals surface area (Å²) in [6, 6.07) is 12.2. The van der Waals surface area contributed by atoms with E-state index in [0.29, 0.717) is 0 Å². The van der Waals surface area contributed by atoms with E-state index in [1.54, 1.807) is 7.11 Å². The number of allylic oxidation sites excluding steroid dienone is 2. The van der Waals surface area contributed by atoms with Gasteiger partial charge in [-0.1, -0.05) is 12.1 Å². The first-order valence-corrected chi connectivity index (χ1v) is 6.95. The SMILES string of the molecule is COc1ccc(/C(=C2/C=CC(C)=N2)c2ccc(C)[nH]2)cc1. The molecule has 0 radical (unpaired) electrons. The van der Waals surface area contributed by atoms with E-state index in [4.69, 9.17) is 4.74 Å². The number of nitrogens with one attached hydrogen (secondary N) is 1. The molecule has 2 aromatic rings. The summed E-state index contributed by atoms with van der Waals surface area (Å²) in [5.74, 6) is 0.854. The average molecular weight is 278 g/mol. The molecule has 0 fully saturated rings. The summed E-state index contributed by atoms with van der Waals surface area (Å²) in [6.07, 6.45) is 4.10. The number of nitrogens with zero attached hydrogens (tertiary/aromatic N) is 1. The molecule has 0 atom stereocenters. The van der Waals surface area contributed by atoms with E-state index in [2.05, 4.69) is 47.2 Å². The molecule has 1 aromatic heterocycles. The minimum absolute atomic E-state index is 0.854. The largest absolute Gasteiger partial charge is 0.497 e. The van der Waals surface area contributed by atoms with Crippen molar-refractivity contribution in [2.24, 2.45) is 4.99 Å². The van der Waals surface area contributed by atoms with E-state index >= 15 is 0 Å². The predicted octanol–water partition coefficient (Wildman–Crippen LogP) is 4.12. The molecular formula is C18H18N2O. The van der Waals surface area contributed by atoms with Crippen molar-refractivity contribution in [2.45, 2.75) is 13.8 Å². The molecule has 0 spiro atoms. The van der Waals surface area contributed by atoms with E-state index in [-0.39, 0.29) is 0 Å². The molecule has 1 aromatic carbocycles. The lowest BCUT2D eigenvalue weighted by molar-refractivity contribution is 0.415. The number of benzene rings is 1. The lowest BCUT2D eigenvalue weighted by atomic mass is 10.0. The zero-order valence-corrected chi connectivity index (χ0v) is 12.5. The monoisotopic (exact) mass is 278 g/mol. The number of aromatic nitrogens is 1. The highest BCUT2D eigenvalue weighted by atomic mass is 16.5. The minimum atomic E-state index is 0.854. The Hall–Kier alpha value is -2.55. The number of aryl methyl sites for hydroxylation is 1. The Kier molecular flexibility index (Phi) is 3.48. The topological polar surface area (TPSA) is 37.4 Å². The van der Waals surface area contributed by atoms with E-state index < -0.39 is 0 Å². The molecule has 1 aliphatic rings. The summed E-state index contributed by atoms with van der Waals surface area (Å²) < 4.78 is 5.24. The molecule has 106 valence electrons. The van der Waals surface area contributed by atoms with Crippen LogP contribution in [0.2, 0.25) is 0 Å². The van der Waals surface area contributed by atoms with Gasteiger partial charge in [0.25, 0.3) is 0 Å². The fourth-order valence-corrected chi connectivity index (χ4v) is 2.45. The van der Waals surface area contributed by atoms with Gasteiger partial charge in [-0.2, -0.15) is 0 Å². The molecule has 3 heteroatoms. The number of ether oxygens (including phenoxy) is 1. The molecule has 0 bridgehead atoms. The maximum Gasteiger partial charge on any atom is 0.118 e. The van der Waals surface area contributed by atoms with Gasteiger partial charge in [0.2, 0.25) is 0 Å². The van der Waals surface area contributed by atoms with Crippen LogP contribution >= 0.6 is 0 Å². The van der Waals surface area contributed by atoms with Crippen LogP contribution in [0.5, 0.6) is 5.75 Å². The Bertz CT molecular complexity index is 746. The quantitative estimate of drug-likeness (QED) is 0.901. The lowest BCUT2D eigenvalue weighted by Crippen LogP contribution is -1.93. The van der Waals surface area contributed by atoms with Crippen LogP contribution in [-0.4, -0.2) is 17.8 Å². The number of rotatable bonds is 3. The van der Waals surface area contributed by atoms with Gasteiger partial charge in [0, 0.05) is 22.7 Å². The lowest BCUT2D eigenvalue weighted by Gasteiger charge is -2.09. The number of hydrogen-bond donors (Lipinski definition) is 1. The second kappa shape index (κ2) is 5.44. The van der Waals surface area contributed by atoms with E-state index in [0.717, 1.165) is 39.7 Å². The number of hydrogen-bond acceptors (Lipinski definition) is 2. The van der Waals surface area contributed by atoms with Gasteiger partial charge >= 0.3 is 0 Å². The van der Waals surface area contributed by atoms with Crippen molar-refractivity contribution >= 4 is 11.3 Å². The zero-order valence-electron chi connectivity index (χ0n) is 12.5. The number of aromatic amines is 1. The molecule has 1 N–H and O–H groups in total. The second-order valence-electron chi connectivity index (χ2n) is 5.13. The number of aliphatic imine (C=N–C) groups is 1. The molecule has 3 rings (SSSR count). The third-order valence-electron chi connectivity index (χ3n) is 3.52.